The Morgan fingerprint density at radius 3 is 2.50 bits per heavy atom. The van der Waals surface area contributed by atoms with E-state index in [2.05, 4.69) is 60.7 Å². The minimum Gasteiger partial charge on any atom is -0.318 e. The number of nitro benzene ring substituents is 1. The summed E-state index contributed by atoms with van der Waals surface area (Å²) >= 11 is 0. The first-order valence-electron chi connectivity index (χ1n) is 8.56. The van der Waals surface area contributed by atoms with Crippen molar-refractivity contribution in [3.8, 4) is 5.69 Å². The molecule has 5 heteroatoms. The summed E-state index contributed by atoms with van der Waals surface area (Å²) in [5.74, 6) is 0. The molecule has 0 saturated heterocycles. The van der Waals surface area contributed by atoms with E-state index in [0.717, 1.165) is 29.1 Å². The van der Waals surface area contributed by atoms with Crippen LogP contribution in [0.25, 0.3) is 5.69 Å². The van der Waals surface area contributed by atoms with Gasteiger partial charge in [0, 0.05) is 41.0 Å². The van der Waals surface area contributed by atoms with Crippen molar-refractivity contribution in [3.05, 3.63) is 87.2 Å². The van der Waals surface area contributed by atoms with E-state index in [1.54, 1.807) is 18.3 Å². The number of benzene rings is 2. The third kappa shape index (κ3) is 3.57. The molecule has 0 atom stereocenters. The molecule has 3 aromatic rings. The molecule has 0 amide bonds. The van der Waals surface area contributed by atoms with Gasteiger partial charge < -0.3 is 4.57 Å². The molecule has 3 rings (SSSR count). The molecule has 0 aliphatic carbocycles. The van der Waals surface area contributed by atoms with Gasteiger partial charge in [0.1, 0.15) is 0 Å². The lowest BCUT2D eigenvalue weighted by molar-refractivity contribution is -0.384. The summed E-state index contributed by atoms with van der Waals surface area (Å²) in [6, 6.07) is 16.9. The Hall–Kier alpha value is -3.21. The number of rotatable bonds is 5. The Bertz CT molecular complexity index is 969. The molecule has 0 N–H and O–H groups in total. The Kier molecular flexibility index (Phi) is 4.98. The standard InChI is InChI=1S/C21H21N3O2/c1-4-17-8-10-20(11-9-17)23-15(2)12-18(16(23)3)14-22-19-6-5-7-21(13-19)24(25)26/h5-14H,4H2,1-3H3. The summed E-state index contributed by atoms with van der Waals surface area (Å²) in [5, 5.41) is 10.9. The lowest BCUT2D eigenvalue weighted by atomic mass is 10.1. The van der Waals surface area contributed by atoms with Gasteiger partial charge in [0.2, 0.25) is 0 Å². The molecule has 0 fully saturated rings. The number of aliphatic imine (C=N–C) groups is 1. The molecule has 2 aromatic carbocycles. The van der Waals surface area contributed by atoms with Gasteiger partial charge in [-0.2, -0.15) is 0 Å². The first kappa shape index (κ1) is 17.6. The number of hydrogen-bond acceptors (Lipinski definition) is 3. The van der Waals surface area contributed by atoms with Crippen molar-refractivity contribution in [1.82, 2.24) is 4.57 Å². The van der Waals surface area contributed by atoms with Crippen molar-refractivity contribution in [2.75, 3.05) is 0 Å². The minimum atomic E-state index is -0.412. The fourth-order valence-electron chi connectivity index (χ4n) is 3.03. The maximum Gasteiger partial charge on any atom is 0.271 e. The molecule has 1 heterocycles. The Morgan fingerprint density at radius 1 is 1.12 bits per heavy atom. The van der Waals surface area contributed by atoms with Crippen LogP contribution in [0.4, 0.5) is 11.4 Å². The predicted octanol–water partition coefficient (Wildman–Crippen LogP) is 5.32. The molecule has 5 nitrogen and oxygen atoms in total. The predicted molar refractivity (Wildman–Crippen MR) is 105 cm³/mol. The molecule has 1 aromatic heterocycles. The lowest BCUT2D eigenvalue weighted by Gasteiger charge is -2.10. The van der Waals surface area contributed by atoms with Crippen LogP contribution >= 0.6 is 0 Å². The van der Waals surface area contributed by atoms with Crippen LogP contribution in [0.5, 0.6) is 0 Å². The number of hydrogen-bond donors (Lipinski definition) is 0. The van der Waals surface area contributed by atoms with Crippen molar-refractivity contribution in [3.63, 3.8) is 0 Å². The molecule has 0 radical (unpaired) electrons. The zero-order valence-electron chi connectivity index (χ0n) is 15.1. The highest BCUT2D eigenvalue weighted by atomic mass is 16.6. The number of aryl methyl sites for hydroxylation is 2. The SMILES string of the molecule is CCc1ccc(-n2c(C)cc(C=Nc3cccc([N+](=O)[O-])c3)c2C)cc1. The van der Waals surface area contributed by atoms with Gasteiger partial charge in [-0.15, -0.1) is 0 Å². The van der Waals surface area contributed by atoms with Crippen LogP contribution in [-0.4, -0.2) is 15.7 Å². The monoisotopic (exact) mass is 347 g/mol. The Balaban J connectivity index is 1.92. The van der Waals surface area contributed by atoms with Gasteiger partial charge in [0.15, 0.2) is 0 Å². The minimum absolute atomic E-state index is 0.0427. The normalized spacial score (nSPS) is 11.2. The van der Waals surface area contributed by atoms with E-state index in [0.29, 0.717) is 5.69 Å². The summed E-state index contributed by atoms with van der Waals surface area (Å²) in [6.07, 6.45) is 2.78. The molecule has 26 heavy (non-hydrogen) atoms. The van der Waals surface area contributed by atoms with Gasteiger partial charge in [-0.25, -0.2) is 0 Å². The Morgan fingerprint density at radius 2 is 1.85 bits per heavy atom. The van der Waals surface area contributed by atoms with E-state index in [1.165, 1.54) is 17.7 Å². The second-order valence-corrected chi connectivity index (χ2v) is 6.22. The van der Waals surface area contributed by atoms with Crippen LogP contribution in [0.15, 0.2) is 59.6 Å². The molecule has 0 bridgehead atoms. The van der Waals surface area contributed by atoms with E-state index in [-0.39, 0.29) is 5.69 Å². The molecule has 0 spiro atoms. The zero-order valence-corrected chi connectivity index (χ0v) is 15.1. The topological polar surface area (TPSA) is 60.4 Å². The van der Waals surface area contributed by atoms with Gasteiger partial charge in [-0.3, -0.25) is 15.1 Å². The molecule has 0 unspecified atom stereocenters. The van der Waals surface area contributed by atoms with Crippen LogP contribution in [0.3, 0.4) is 0 Å². The van der Waals surface area contributed by atoms with Crippen molar-refractivity contribution in [2.24, 2.45) is 4.99 Å². The van der Waals surface area contributed by atoms with Gasteiger partial charge in [0.05, 0.1) is 10.6 Å². The van der Waals surface area contributed by atoms with Crippen LogP contribution in [0, 0.1) is 24.0 Å². The molecule has 0 saturated carbocycles. The molecular weight excluding hydrogens is 326 g/mol. The van der Waals surface area contributed by atoms with Crippen molar-refractivity contribution < 1.29 is 4.92 Å². The second-order valence-electron chi connectivity index (χ2n) is 6.22. The molecule has 0 aliphatic heterocycles. The van der Waals surface area contributed by atoms with Gasteiger partial charge in [-0.1, -0.05) is 25.1 Å². The van der Waals surface area contributed by atoms with E-state index < -0.39 is 4.92 Å². The van der Waals surface area contributed by atoms with Crippen LogP contribution in [0.1, 0.15) is 29.4 Å². The largest absolute Gasteiger partial charge is 0.318 e. The highest BCUT2D eigenvalue weighted by Gasteiger charge is 2.10. The molecule has 132 valence electrons. The Labute approximate surface area is 152 Å². The maximum atomic E-state index is 10.9. The second kappa shape index (κ2) is 7.35. The van der Waals surface area contributed by atoms with E-state index in [9.17, 15) is 10.1 Å². The van der Waals surface area contributed by atoms with Crippen LogP contribution < -0.4 is 0 Å². The highest BCUT2D eigenvalue weighted by molar-refractivity contribution is 5.84. The average molecular weight is 347 g/mol. The summed E-state index contributed by atoms with van der Waals surface area (Å²) in [5.41, 5.74) is 6.23. The van der Waals surface area contributed by atoms with Crippen molar-refractivity contribution >= 4 is 17.6 Å². The van der Waals surface area contributed by atoms with Crippen molar-refractivity contribution in [2.45, 2.75) is 27.2 Å². The van der Waals surface area contributed by atoms with E-state index >= 15 is 0 Å². The molecular formula is C21H21N3O2. The van der Waals surface area contributed by atoms with Gasteiger partial charge in [0.25, 0.3) is 5.69 Å². The van der Waals surface area contributed by atoms with Crippen LogP contribution in [-0.2, 0) is 6.42 Å². The maximum absolute atomic E-state index is 10.9. The van der Waals surface area contributed by atoms with E-state index in [4.69, 9.17) is 0 Å². The summed E-state index contributed by atoms with van der Waals surface area (Å²) in [4.78, 5) is 14.9. The molecule has 0 aliphatic rings. The van der Waals surface area contributed by atoms with Gasteiger partial charge >= 0.3 is 0 Å². The van der Waals surface area contributed by atoms with E-state index in [1.807, 2.05) is 0 Å². The number of nitrogens with zero attached hydrogens (tertiary/aromatic N) is 3. The van der Waals surface area contributed by atoms with Gasteiger partial charge in [-0.05, 0) is 50.1 Å². The highest BCUT2D eigenvalue weighted by Crippen LogP contribution is 2.23. The fraction of sp³-hybridized carbons (Fsp3) is 0.190. The first-order valence-corrected chi connectivity index (χ1v) is 8.56. The zero-order chi connectivity index (χ0) is 18.7. The number of non-ortho nitro benzene ring substituents is 1. The fourth-order valence-corrected chi connectivity index (χ4v) is 3.03. The quantitative estimate of drug-likeness (QED) is 0.356. The summed E-state index contributed by atoms with van der Waals surface area (Å²) < 4.78 is 2.19. The number of aromatic nitrogens is 1. The third-order valence-corrected chi connectivity index (χ3v) is 4.47. The summed E-state index contributed by atoms with van der Waals surface area (Å²) in [7, 11) is 0. The van der Waals surface area contributed by atoms with Crippen LogP contribution in [0.2, 0.25) is 0 Å². The summed E-state index contributed by atoms with van der Waals surface area (Å²) in [6.45, 7) is 6.25. The number of nitro groups is 1. The lowest BCUT2D eigenvalue weighted by Crippen LogP contribution is -1.99. The average Bonchev–Trinajstić information content (AvgIpc) is 2.94. The van der Waals surface area contributed by atoms with Crippen molar-refractivity contribution in [1.29, 1.82) is 0 Å². The first-order chi connectivity index (χ1) is 12.5. The smallest absolute Gasteiger partial charge is 0.271 e. The third-order valence-electron chi connectivity index (χ3n) is 4.47.